The van der Waals surface area contributed by atoms with Crippen LogP contribution in [0.5, 0.6) is 0 Å². The highest BCUT2D eigenvalue weighted by molar-refractivity contribution is 5.85. The first-order valence-electron chi connectivity index (χ1n) is 5.58. The Hall–Kier alpha value is -2.30. The zero-order valence-corrected chi connectivity index (χ0v) is 10.2. The SMILES string of the molecule is Cc1ccc(C(C)Nc2nc(C(=O)O)co2)cc1. The van der Waals surface area contributed by atoms with Crippen molar-refractivity contribution in [1.29, 1.82) is 0 Å². The average Bonchev–Trinajstić information content (AvgIpc) is 2.78. The third kappa shape index (κ3) is 2.68. The smallest absolute Gasteiger partial charge is 0.357 e. The average molecular weight is 246 g/mol. The predicted molar refractivity (Wildman–Crippen MR) is 66.7 cm³/mol. The molecule has 0 saturated carbocycles. The van der Waals surface area contributed by atoms with Gasteiger partial charge in [-0.05, 0) is 19.4 Å². The van der Waals surface area contributed by atoms with E-state index in [9.17, 15) is 4.79 Å². The first-order valence-corrected chi connectivity index (χ1v) is 5.58. The molecule has 2 N–H and O–H groups in total. The summed E-state index contributed by atoms with van der Waals surface area (Å²) in [4.78, 5) is 14.5. The van der Waals surface area contributed by atoms with Gasteiger partial charge in [-0.2, -0.15) is 4.98 Å². The normalized spacial score (nSPS) is 12.1. The Morgan fingerprint density at radius 3 is 2.61 bits per heavy atom. The van der Waals surface area contributed by atoms with Crippen molar-refractivity contribution in [2.24, 2.45) is 0 Å². The monoisotopic (exact) mass is 246 g/mol. The summed E-state index contributed by atoms with van der Waals surface area (Å²) in [5.74, 6) is -1.10. The summed E-state index contributed by atoms with van der Waals surface area (Å²) in [6.45, 7) is 3.98. The molecule has 0 saturated heterocycles. The summed E-state index contributed by atoms with van der Waals surface area (Å²) in [6.07, 6.45) is 1.12. The van der Waals surface area contributed by atoms with Crippen LogP contribution in [0, 0.1) is 6.92 Å². The van der Waals surface area contributed by atoms with Gasteiger partial charge < -0.3 is 14.8 Å². The highest BCUT2D eigenvalue weighted by atomic mass is 16.4. The molecule has 0 radical (unpaired) electrons. The van der Waals surface area contributed by atoms with Crippen LogP contribution in [0.3, 0.4) is 0 Å². The maximum absolute atomic E-state index is 10.7. The van der Waals surface area contributed by atoms with Crippen LogP contribution in [0.15, 0.2) is 34.9 Å². The molecule has 1 heterocycles. The van der Waals surface area contributed by atoms with Gasteiger partial charge in [0.1, 0.15) is 6.26 Å². The third-order valence-electron chi connectivity index (χ3n) is 2.64. The van der Waals surface area contributed by atoms with Gasteiger partial charge >= 0.3 is 5.97 Å². The quantitative estimate of drug-likeness (QED) is 0.867. The molecule has 0 aliphatic carbocycles. The van der Waals surface area contributed by atoms with Gasteiger partial charge in [-0.25, -0.2) is 4.79 Å². The second-order valence-corrected chi connectivity index (χ2v) is 4.12. The van der Waals surface area contributed by atoms with Gasteiger partial charge in [-0.1, -0.05) is 29.8 Å². The molecular formula is C13H14N2O3. The number of carbonyl (C=O) groups is 1. The fourth-order valence-electron chi connectivity index (χ4n) is 1.56. The summed E-state index contributed by atoms with van der Waals surface area (Å²) >= 11 is 0. The van der Waals surface area contributed by atoms with Gasteiger partial charge in [0.15, 0.2) is 5.69 Å². The van der Waals surface area contributed by atoms with Crippen molar-refractivity contribution in [1.82, 2.24) is 4.98 Å². The van der Waals surface area contributed by atoms with Crippen molar-refractivity contribution in [2.75, 3.05) is 5.32 Å². The number of carboxylic acid groups (broad SMARTS) is 1. The summed E-state index contributed by atoms with van der Waals surface area (Å²) in [5.41, 5.74) is 2.17. The molecular weight excluding hydrogens is 232 g/mol. The second kappa shape index (κ2) is 4.91. The zero-order chi connectivity index (χ0) is 13.1. The second-order valence-electron chi connectivity index (χ2n) is 4.12. The van der Waals surface area contributed by atoms with Gasteiger partial charge in [-0.3, -0.25) is 0 Å². The highest BCUT2D eigenvalue weighted by Gasteiger charge is 2.12. The number of hydrogen-bond acceptors (Lipinski definition) is 4. The number of anilines is 1. The fraction of sp³-hybridized carbons (Fsp3) is 0.231. The topological polar surface area (TPSA) is 75.4 Å². The number of aromatic nitrogens is 1. The number of oxazole rings is 1. The van der Waals surface area contributed by atoms with Crippen molar-refractivity contribution >= 4 is 12.0 Å². The Labute approximate surface area is 104 Å². The fourth-order valence-corrected chi connectivity index (χ4v) is 1.56. The number of aryl methyl sites for hydroxylation is 1. The van der Waals surface area contributed by atoms with Crippen molar-refractivity contribution in [3.8, 4) is 0 Å². The molecule has 2 aromatic rings. The first kappa shape index (κ1) is 12.2. The van der Waals surface area contributed by atoms with Gasteiger partial charge in [0.2, 0.25) is 0 Å². The number of aromatic carboxylic acids is 1. The lowest BCUT2D eigenvalue weighted by Gasteiger charge is -2.12. The molecule has 0 fully saturated rings. The van der Waals surface area contributed by atoms with Crippen LogP contribution in [0.1, 0.15) is 34.6 Å². The van der Waals surface area contributed by atoms with E-state index in [1.807, 2.05) is 38.1 Å². The molecule has 2 rings (SSSR count). The summed E-state index contributed by atoms with van der Waals surface area (Å²) in [5, 5.41) is 11.7. The molecule has 1 atom stereocenters. The standard InChI is InChI=1S/C13H14N2O3/c1-8-3-5-10(6-4-8)9(2)14-13-15-11(7-18-13)12(16)17/h3-7,9H,1-2H3,(H,14,15)(H,16,17). The molecule has 0 spiro atoms. The first-order chi connectivity index (χ1) is 8.56. The Kier molecular flexibility index (Phi) is 3.32. The van der Waals surface area contributed by atoms with E-state index in [2.05, 4.69) is 10.3 Å². The summed E-state index contributed by atoms with van der Waals surface area (Å²) in [6, 6.07) is 8.26. The van der Waals surface area contributed by atoms with E-state index in [0.717, 1.165) is 11.8 Å². The number of rotatable bonds is 4. The molecule has 1 aromatic heterocycles. The summed E-state index contributed by atoms with van der Waals surface area (Å²) < 4.78 is 5.04. The Balaban J connectivity index is 2.08. The summed E-state index contributed by atoms with van der Waals surface area (Å²) in [7, 11) is 0. The van der Waals surface area contributed by atoms with Crippen molar-refractivity contribution in [2.45, 2.75) is 19.9 Å². The molecule has 0 amide bonds. The molecule has 1 unspecified atom stereocenters. The Morgan fingerprint density at radius 1 is 1.39 bits per heavy atom. The highest BCUT2D eigenvalue weighted by Crippen LogP contribution is 2.19. The van der Waals surface area contributed by atoms with Gasteiger partial charge in [0.25, 0.3) is 6.01 Å². The van der Waals surface area contributed by atoms with Crippen LogP contribution in [0.25, 0.3) is 0 Å². The molecule has 0 aliphatic heterocycles. The van der Waals surface area contributed by atoms with Crippen LogP contribution >= 0.6 is 0 Å². The van der Waals surface area contributed by atoms with E-state index in [4.69, 9.17) is 9.52 Å². The number of benzene rings is 1. The van der Waals surface area contributed by atoms with Crippen molar-refractivity contribution in [3.63, 3.8) is 0 Å². The predicted octanol–water partition coefficient (Wildman–Crippen LogP) is 2.85. The molecule has 5 nitrogen and oxygen atoms in total. The minimum Gasteiger partial charge on any atom is -0.476 e. The lowest BCUT2D eigenvalue weighted by molar-refractivity contribution is 0.0690. The lowest BCUT2D eigenvalue weighted by atomic mass is 10.1. The van der Waals surface area contributed by atoms with E-state index in [1.165, 1.54) is 5.56 Å². The zero-order valence-electron chi connectivity index (χ0n) is 10.2. The molecule has 94 valence electrons. The molecule has 5 heteroatoms. The van der Waals surface area contributed by atoms with Crippen LogP contribution in [0.2, 0.25) is 0 Å². The molecule has 1 aromatic carbocycles. The molecule has 0 aliphatic rings. The molecule has 18 heavy (non-hydrogen) atoms. The third-order valence-corrected chi connectivity index (χ3v) is 2.64. The largest absolute Gasteiger partial charge is 0.476 e. The maximum Gasteiger partial charge on any atom is 0.357 e. The van der Waals surface area contributed by atoms with E-state index < -0.39 is 5.97 Å². The van der Waals surface area contributed by atoms with Gasteiger partial charge in [-0.15, -0.1) is 0 Å². The Bertz CT molecular complexity index is 546. The van der Waals surface area contributed by atoms with Crippen LogP contribution in [0.4, 0.5) is 6.01 Å². The Morgan fingerprint density at radius 2 is 2.06 bits per heavy atom. The minimum absolute atomic E-state index is 0.00843. The van der Waals surface area contributed by atoms with Crippen LogP contribution in [-0.2, 0) is 0 Å². The van der Waals surface area contributed by atoms with E-state index >= 15 is 0 Å². The number of carboxylic acids is 1. The van der Waals surface area contributed by atoms with E-state index in [-0.39, 0.29) is 17.8 Å². The van der Waals surface area contributed by atoms with Crippen molar-refractivity contribution < 1.29 is 14.3 Å². The maximum atomic E-state index is 10.7. The van der Waals surface area contributed by atoms with Gasteiger partial charge in [0.05, 0.1) is 6.04 Å². The number of hydrogen-bond donors (Lipinski definition) is 2. The number of nitrogens with zero attached hydrogens (tertiary/aromatic N) is 1. The van der Waals surface area contributed by atoms with Crippen LogP contribution < -0.4 is 5.32 Å². The lowest BCUT2D eigenvalue weighted by Crippen LogP contribution is -2.07. The number of nitrogens with one attached hydrogen (secondary N) is 1. The molecule has 0 bridgehead atoms. The van der Waals surface area contributed by atoms with Gasteiger partial charge in [0, 0.05) is 0 Å². The minimum atomic E-state index is -1.10. The van der Waals surface area contributed by atoms with Crippen LogP contribution in [-0.4, -0.2) is 16.1 Å². The van der Waals surface area contributed by atoms with Crippen molar-refractivity contribution in [3.05, 3.63) is 47.3 Å². The van der Waals surface area contributed by atoms with E-state index in [1.54, 1.807) is 0 Å². The van der Waals surface area contributed by atoms with E-state index in [0.29, 0.717) is 0 Å².